The van der Waals surface area contributed by atoms with Crippen molar-refractivity contribution in [1.29, 1.82) is 0 Å². The standard InChI is InChI=1S/C19H19F6NO4.C6H5F/c1-29-17(28)11-4-14-7-15(8-26(14)16(27)5-11)30-9-10-2-12(18(20,21)22)6-13(3-10)19(23,24)25;7-6-4-2-1-3-5-6/h2-3,6,11,14-15H,4-5,7-9H2,1H3;1-5H. The summed E-state index contributed by atoms with van der Waals surface area (Å²) in [6.45, 7) is -0.296. The number of benzene rings is 2. The average Bonchev–Trinajstić information content (AvgIpc) is 3.25. The van der Waals surface area contributed by atoms with E-state index < -0.39 is 48.1 Å². The number of carbonyl (C=O) groups excluding carboxylic acids is 2. The van der Waals surface area contributed by atoms with E-state index in [9.17, 15) is 40.3 Å². The van der Waals surface area contributed by atoms with E-state index >= 15 is 0 Å². The van der Waals surface area contributed by atoms with Crippen molar-refractivity contribution in [3.63, 3.8) is 0 Å². The Labute approximate surface area is 208 Å². The number of carbonyl (C=O) groups is 2. The summed E-state index contributed by atoms with van der Waals surface area (Å²) >= 11 is 0. The number of methoxy groups -OCH3 is 1. The number of rotatable bonds is 4. The van der Waals surface area contributed by atoms with Gasteiger partial charge in [0.25, 0.3) is 0 Å². The number of esters is 1. The van der Waals surface area contributed by atoms with Crippen molar-refractivity contribution >= 4 is 11.9 Å². The van der Waals surface area contributed by atoms with E-state index in [1.54, 1.807) is 18.2 Å². The molecule has 37 heavy (non-hydrogen) atoms. The molecule has 12 heteroatoms. The predicted octanol–water partition coefficient (Wildman–Crippen LogP) is 5.62. The molecule has 2 aromatic carbocycles. The zero-order valence-corrected chi connectivity index (χ0v) is 19.6. The minimum absolute atomic E-state index is 0.00152. The maximum Gasteiger partial charge on any atom is 0.416 e. The molecule has 4 rings (SSSR count). The van der Waals surface area contributed by atoms with Crippen LogP contribution in [0.2, 0.25) is 0 Å². The number of amides is 1. The van der Waals surface area contributed by atoms with E-state index in [2.05, 4.69) is 4.74 Å². The van der Waals surface area contributed by atoms with Crippen LogP contribution in [0.4, 0.5) is 30.7 Å². The SMILES string of the molecule is COC(=O)C1CC(=O)N2CC(OCc3cc(C(F)(F)F)cc(C(F)(F)F)c3)CC2C1.Fc1ccccc1. The minimum atomic E-state index is -4.93. The van der Waals surface area contributed by atoms with Gasteiger partial charge in [-0.1, -0.05) is 18.2 Å². The summed E-state index contributed by atoms with van der Waals surface area (Å²) in [6.07, 6.45) is -9.71. The molecule has 3 unspecified atom stereocenters. The Bertz CT molecular complexity index is 1060. The normalized spacial score (nSPS) is 21.7. The summed E-state index contributed by atoms with van der Waals surface area (Å²) in [5.41, 5.74) is -3.08. The topological polar surface area (TPSA) is 55.8 Å². The van der Waals surface area contributed by atoms with Crippen LogP contribution in [0.25, 0.3) is 0 Å². The quantitative estimate of drug-likeness (QED) is 0.377. The summed E-state index contributed by atoms with van der Waals surface area (Å²) in [7, 11) is 1.23. The molecular formula is C25H24F7NO4. The van der Waals surface area contributed by atoms with Crippen LogP contribution in [0.1, 0.15) is 36.0 Å². The highest BCUT2D eigenvalue weighted by molar-refractivity contribution is 5.85. The summed E-state index contributed by atoms with van der Waals surface area (Å²) in [5, 5.41) is 0. The first-order valence-electron chi connectivity index (χ1n) is 11.3. The molecule has 0 saturated carbocycles. The number of nitrogens with zero attached hydrogens (tertiary/aromatic N) is 1. The van der Waals surface area contributed by atoms with Crippen LogP contribution in [0.3, 0.4) is 0 Å². The van der Waals surface area contributed by atoms with E-state index in [1.165, 1.54) is 24.1 Å². The van der Waals surface area contributed by atoms with Gasteiger partial charge in [-0.15, -0.1) is 0 Å². The third kappa shape index (κ3) is 7.67. The first-order valence-corrected chi connectivity index (χ1v) is 11.3. The molecule has 3 atom stereocenters. The Morgan fingerprint density at radius 2 is 1.57 bits per heavy atom. The lowest BCUT2D eigenvalue weighted by molar-refractivity contribution is -0.153. The fourth-order valence-corrected chi connectivity index (χ4v) is 4.34. The van der Waals surface area contributed by atoms with Crippen LogP contribution in [0.15, 0.2) is 48.5 Å². The van der Waals surface area contributed by atoms with Crippen molar-refractivity contribution in [2.45, 2.75) is 50.4 Å². The van der Waals surface area contributed by atoms with Crippen molar-refractivity contribution < 1.29 is 49.8 Å². The van der Waals surface area contributed by atoms with Gasteiger partial charge in [0, 0.05) is 19.0 Å². The molecule has 5 nitrogen and oxygen atoms in total. The fourth-order valence-electron chi connectivity index (χ4n) is 4.34. The van der Waals surface area contributed by atoms with Gasteiger partial charge in [-0.3, -0.25) is 9.59 Å². The number of fused-ring (bicyclic) bond motifs is 1. The second-order valence-electron chi connectivity index (χ2n) is 8.74. The van der Waals surface area contributed by atoms with Crippen molar-refractivity contribution in [1.82, 2.24) is 4.90 Å². The van der Waals surface area contributed by atoms with Crippen LogP contribution in [-0.2, 0) is 38.0 Å². The lowest BCUT2D eigenvalue weighted by Crippen LogP contribution is -2.44. The van der Waals surface area contributed by atoms with Gasteiger partial charge in [-0.2, -0.15) is 26.3 Å². The van der Waals surface area contributed by atoms with E-state index in [0.29, 0.717) is 25.0 Å². The average molecular weight is 535 g/mol. The van der Waals surface area contributed by atoms with Crippen LogP contribution >= 0.6 is 0 Å². The third-order valence-corrected chi connectivity index (χ3v) is 6.07. The fraction of sp³-hybridized carbons (Fsp3) is 0.440. The smallest absolute Gasteiger partial charge is 0.416 e. The van der Waals surface area contributed by atoms with E-state index in [1.807, 2.05) is 0 Å². The Morgan fingerprint density at radius 3 is 2.05 bits per heavy atom. The Kier molecular flexibility index (Phi) is 8.83. The Hall–Kier alpha value is -3.15. The van der Waals surface area contributed by atoms with E-state index in [4.69, 9.17) is 4.74 Å². The number of hydrogen-bond acceptors (Lipinski definition) is 4. The minimum Gasteiger partial charge on any atom is -0.469 e. The molecule has 2 aromatic rings. The molecule has 0 radical (unpaired) electrons. The van der Waals surface area contributed by atoms with Crippen molar-refractivity contribution in [3.05, 3.63) is 71.0 Å². The second kappa shape index (κ2) is 11.5. The summed E-state index contributed by atoms with van der Waals surface area (Å²) < 4.78 is 99.9. The van der Waals surface area contributed by atoms with Crippen LogP contribution in [-0.4, -0.2) is 42.6 Å². The van der Waals surface area contributed by atoms with E-state index in [0.717, 1.165) is 0 Å². The molecule has 2 fully saturated rings. The van der Waals surface area contributed by atoms with Gasteiger partial charge >= 0.3 is 18.3 Å². The maximum atomic E-state index is 13.0. The van der Waals surface area contributed by atoms with Gasteiger partial charge in [0.05, 0.1) is 36.9 Å². The molecule has 2 aliphatic heterocycles. The van der Waals surface area contributed by atoms with Crippen LogP contribution in [0, 0.1) is 11.7 Å². The number of ether oxygens (including phenoxy) is 2. The molecule has 202 valence electrons. The van der Waals surface area contributed by atoms with Gasteiger partial charge in [0.15, 0.2) is 0 Å². The summed E-state index contributed by atoms with van der Waals surface area (Å²) in [6, 6.07) is 8.96. The first-order chi connectivity index (χ1) is 17.3. The zero-order chi connectivity index (χ0) is 27.4. The number of piperidine rings is 1. The molecule has 2 saturated heterocycles. The monoisotopic (exact) mass is 535 g/mol. The molecule has 2 aliphatic rings. The van der Waals surface area contributed by atoms with Crippen LogP contribution < -0.4 is 0 Å². The Morgan fingerprint density at radius 1 is 0.973 bits per heavy atom. The second-order valence-corrected chi connectivity index (χ2v) is 8.74. The van der Waals surface area contributed by atoms with Crippen molar-refractivity contribution in [3.8, 4) is 0 Å². The van der Waals surface area contributed by atoms with Gasteiger partial charge in [-0.05, 0) is 48.7 Å². The highest BCUT2D eigenvalue weighted by Crippen LogP contribution is 2.37. The molecule has 0 aliphatic carbocycles. The van der Waals surface area contributed by atoms with Crippen molar-refractivity contribution in [2.24, 2.45) is 5.92 Å². The first kappa shape index (κ1) is 28.4. The van der Waals surface area contributed by atoms with Gasteiger partial charge in [0.2, 0.25) is 5.91 Å². The maximum absolute atomic E-state index is 13.0. The lowest BCUT2D eigenvalue weighted by atomic mass is 9.90. The van der Waals surface area contributed by atoms with Gasteiger partial charge in [0.1, 0.15) is 5.82 Å². The number of halogens is 7. The summed E-state index contributed by atoms with van der Waals surface area (Å²) in [5.74, 6) is -1.50. The lowest BCUT2D eigenvalue weighted by Gasteiger charge is -2.32. The van der Waals surface area contributed by atoms with Gasteiger partial charge < -0.3 is 14.4 Å². The molecule has 2 heterocycles. The number of alkyl halides is 6. The van der Waals surface area contributed by atoms with Crippen molar-refractivity contribution in [2.75, 3.05) is 13.7 Å². The molecule has 0 N–H and O–H groups in total. The summed E-state index contributed by atoms with van der Waals surface area (Å²) in [4.78, 5) is 25.5. The molecule has 0 bridgehead atoms. The molecule has 1 amide bonds. The highest BCUT2D eigenvalue weighted by Gasteiger charge is 2.44. The van der Waals surface area contributed by atoms with Gasteiger partial charge in [-0.25, -0.2) is 4.39 Å². The largest absolute Gasteiger partial charge is 0.469 e. The molecule has 0 aromatic heterocycles. The van der Waals surface area contributed by atoms with E-state index in [-0.39, 0.29) is 42.4 Å². The molecular weight excluding hydrogens is 511 g/mol. The zero-order valence-electron chi connectivity index (χ0n) is 19.6. The third-order valence-electron chi connectivity index (χ3n) is 6.07. The van der Waals surface area contributed by atoms with Crippen LogP contribution in [0.5, 0.6) is 0 Å². The molecule has 0 spiro atoms. The number of hydrogen-bond donors (Lipinski definition) is 0. The Balaban J connectivity index is 0.000000468. The highest BCUT2D eigenvalue weighted by atomic mass is 19.4. The predicted molar refractivity (Wildman–Crippen MR) is 116 cm³/mol.